The molecule has 0 radical (unpaired) electrons. The Morgan fingerprint density at radius 2 is 2.08 bits per heavy atom. The van der Waals surface area contributed by atoms with Gasteiger partial charge < -0.3 is 14.6 Å². The summed E-state index contributed by atoms with van der Waals surface area (Å²) in [4.78, 5) is 10.3. The minimum Gasteiger partial charge on any atom is -0.550 e. The number of carboxylic acid groups (broad SMARTS) is 1. The van der Waals surface area contributed by atoms with E-state index >= 15 is 0 Å². The molecule has 0 aliphatic rings. The SMILES string of the molecule is COc1ccccc1CC(=O)[O-].[Na+]. The maximum absolute atomic E-state index is 10.3. The monoisotopic (exact) mass is 188 g/mol. The van der Waals surface area contributed by atoms with Crippen LogP contribution in [0, 0.1) is 0 Å². The summed E-state index contributed by atoms with van der Waals surface area (Å²) < 4.78 is 4.96. The number of para-hydroxylation sites is 1. The number of hydrogen-bond acceptors (Lipinski definition) is 3. The van der Waals surface area contributed by atoms with E-state index in [1.807, 2.05) is 0 Å². The largest absolute Gasteiger partial charge is 1.00 e. The van der Waals surface area contributed by atoms with Crippen LogP contribution < -0.4 is 39.4 Å². The molecule has 13 heavy (non-hydrogen) atoms. The zero-order valence-corrected chi connectivity index (χ0v) is 9.74. The second kappa shape index (κ2) is 6.02. The predicted octanol–water partition coefficient (Wildman–Crippen LogP) is -3.01. The van der Waals surface area contributed by atoms with Crippen molar-refractivity contribution in [2.24, 2.45) is 0 Å². The van der Waals surface area contributed by atoms with Crippen LogP contribution >= 0.6 is 0 Å². The second-order valence-corrected chi connectivity index (χ2v) is 2.36. The number of aliphatic carboxylic acids is 1. The number of methoxy groups -OCH3 is 1. The number of hydrogen-bond donors (Lipinski definition) is 0. The van der Waals surface area contributed by atoms with Gasteiger partial charge in [-0.1, -0.05) is 18.2 Å². The molecule has 0 N–H and O–H groups in total. The van der Waals surface area contributed by atoms with Crippen LogP contribution in [0.15, 0.2) is 24.3 Å². The molecule has 1 aromatic carbocycles. The van der Waals surface area contributed by atoms with Gasteiger partial charge in [0.1, 0.15) is 5.75 Å². The van der Waals surface area contributed by atoms with E-state index in [0.717, 1.165) is 0 Å². The van der Waals surface area contributed by atoms with Gasteiger partial charge in [0.2, 0.25) is 0 Å². The van der Waals surface area contributed by atoms with E-state index in [1.54, 1.807) is 24.3 Å². The smallest absolute Gasteiger partial charge is 0.550 e. The summed E-state index contributed by atoms with van der Waals surface area (Å²) in [5.41, 5.74) is 0.639. The molecule has 0 atom stereocenters. The molecule has 0 aliphatic heterocycles. The van der Waals surface area contributed by atoms with Gasteiger partial charge in [0.15, 0.2) is 0 Å². The zero-order chi connectivity index (χ0) is 8.97. The summed E-state index contributed by atoms with van der Waals surface area (Å²) in [6.45, 7) is 0. The molecule has 0 bridgehead atoms. The van der Waals surface area contributed by atoms with Gasteiger partial charge in [-0.3, -0.25) is 0 Å². The van der Waals surface area contributed by atoms with Gasteiger partial charge in [-0.05, 0) is 11.6 Å². The van der Waals surface area contributed by atoms with Crippen LogP contribution in [0.2, 0.25) is 0 Å². The predicted molar refractivity (Wildman–Crippen MR) is 41.7 cm³/mol. The van der Waals surface area contributed by atoms with Crippen molar-refractivity contribution in [3.05, 3.63) is 29.8 Å². The maximum atomic E-state index is 10.3. The first-order valence-corrected chi connectivity index (χ1v) is 3.56. The number of carboxylic acids is 1. The second-order valence-electron chi connectivity index (χ2n) is 2.36. The van der Waals surface area contributed by atoms with E-state index in [1.165, 1.54) is 7.11 Å². The van der Waals surface area contributed by atoms with Gasteiger partial charge in [-0.2, -0.15) is 0 Å². The van der Waals surface area contributed by atoms with E-state index in [4.69, 9.17) is 4.74 Å². The van der Waals surface area contributed by atoms with Gasteiger partial charge in [0, 0.05) is 12.4 Å². The van der Waals surface area contributed by atoms with E-state index in [-0.39, 0.29) is 36.0 Å². The van der Waals surface area contributed by atoms with Gasteiger partial charge in [-0.25, -0.2) is 0 Å². The third-order valence-electron chi connectivity index (χ3n) is 1.53. The summed E-state index contributed by atoms with van der Waals surface area (Å²) in [5.74, 6) is -0.513. The quantitative estimate of drug-likeness (QED) is 0.475. The van der Waals surface area contributed by atoms with Crippen molar-refractivity contribution in [1.29, 1.82) is 0 Å². The molecule has 0 saturated heterocycles. The summed E-state index contributed by atoms with van der Waals surface area (Å²) in [6, 6.07) is 6.98. The Hall–Kier alpha value is -0.510. The van der Waals surface area contributed by atoms with Gasteiger partial charge >= 0.3 is 29.6 Å². The van der Waals surface area contributed by atoms with Crippen LogP contribution in [0.4, 0.5) is 0 Å². The number of benzene rings is 1. The molecule has 0 fully saturated rings. The molecule has 0 aliphatic carbocycles. The molecule has 0 saturated carbocycles. The first-order valence-electron chi connectivity index (χ1n) is 3.56. The first kappa shape index (κ1) is 12.5. The van der Waals surface area contributed by atoms with Crippen molar-refractivity contribution in [2.45, 2.75) is 6.42 Å². The fourth-order valence-corrected chi connectivity index (χ4v) is 1.00. The zero-order valence-electron chi connectivity index (χ0n) is 7.74. The van der Waals surface area contributed by atoms with Crippen LogP contribution in [0.25, 0.3) is 0 Å². The molecule has 0 aromatic heterocycles. The van der Waals surface area contributed by atoms with Crippen LogP contribution in [-0.4, -0.2) is 13.1 Å². The van der Waals surface area contributed by atoms with Crippen molar-refractivity contribution < 1.29 is 44.2 Å². The van der Waals surface area contributed by atoms with Crippen molar-refractivity contribution in [3.8, 4) is 5.75 Å². The van der Waals surface area contributed by atoms with Gasteiger partial charge in [0.25, 0.3) is 0 Å². The van der Waals surface area contributed by atoms with Crippen LogP contribution in [0.1, 0.15) is 5.56 Å². The Kier molecular flexibility index (Phi) is 5.79. The first-order chi connectivity index (χ1) is 5.74. The number of carbonyl (C=O) groups is 1. The van der Waals surface area contributed by atoms with Crippen LogP contribution in [0.3, 0.4) is 0 Å². The summed E-state index contributed by atoms with van der Waals surface area (Å²) in [7, 11) is 1.51. The average molecular weight is 188 g/mol. The third kappa shape index (κ3) is 3.81. The summed E-state index contributed by atoms with van der Waals surface area (Å²) >= 11 is 0. The van der Waals surface area contributed by atoms with Gasteiger partial charge in [0.05, 0.1) is 7.11 Å². The van der Waals surface area contributed by atoms with E-state index in [2.05, 4.69) is 0 Å². The number of carbonyl (C=O) groups excluding carboxylic acids is 1. The molecular formula is C9H9NaO3. The number of rotatable bonds is 3. The topological polar surface area (TPSA) is 49.4 Å². The Bertz CT molecular complexity index is 286. The molecule has 0 amide bonds. The Morgan fingerprint density at radius 1 is 1.46 bits per heavy atom. The van der Waals surface area contributed by atoms with Crippen LogP contribution in [-0.2, 0) is 11.2 Å². The molecule has 1 rings (SSSR count). The Labute approximate surface area is 99.0 Å². The maximum Gasteiger partial charge on any atom is 1.00 e. The normalized spacial score (nSPS) is 8.69. The molecule has 0 heterocycles. The minimum atomic E-state index is -1.10. The molecule has 64 valence electrons. The number of ether oxygens (including phenoxy) is 1. The Balaban J connectivity index is 0.00000144. The molecular weight excluding hydrogens is 179 g/mol. The summed E-state index contributed by atoms with van der Waals surface area (Å²) in [6.07, 6.45) is -0.107. The van der Waals surface area contributed by atoms with E-state index < -0.39 is 5.97 Å². The minimum absolute atomic E-state index is 0. The fourth-order valence-electron chi connectivity index (χ4n) is 1.00. The van der Waals surface area contributed by atoms with Crippen molar-refractivity contribution in [1.82, 2.24) is 0 Å². The standard InChI is InChI=1S/C9H10O3.Na/c1-12-8-5-3-2-4-7(8)6-9(10)11;/h2-5H,6H2,1H3,(H,10,11);/q;+1/p-1. The third-order valence-corrected chi connectivity index (χ3v) is 1.53. The molecule has 0 unspecified atom stereocenters. The molecule has 0 spiro atoms. The Morgan fingerprint density at radius 3 is 2.62 bits per heavy atom. The van der Waals surface area contributed by atoms with Gasteiger partial charge in [-0.15, -0.1) is 0 Å². The molecule has 4 heteroatoms. The summed E-state index contributed by atoms with van der Waals surface area (Å²) in [5, 5.41) is 10.3. The van der Waals surface area contributed by atoms with Crippen molar-refractivity contribution in [2.75, 3.05) is 7.11 Å². The van der Waals surface area contributed by atoms with Crippen LogP contribution in [0.5, 0.6) is 5.75 Å². The molecule has 3 nitrogen and oxygen atoms in total. The molecule has 1 aromatic rings. The van der Waals surface area contributed by atoms with Crippen molar-refractivity contribution >= 4 is 5.97 Å². The van der Waals surface area contributed by atoms with E-state index in [0.29, 0.717) is 11.3 Å². The van der Waals surface area contributed by atoms with E-state index in [9.17, 15) is 9.90 Å². The average Bonchev–Trinajstić information content (AvgIpc) is 2.04. The van der Waals surface area contributed by atoms with Crippen molar-refractivity contribution in [3.63, 3.8) is 0 Å². The fraction of sp³-hybridized carbons (Fsp3) is 0.222.